The first kappa shape index (κ1) is 5.48. The quantitative estimate of drug-likeness (QED) is 0.479. The van der Waals surface area contributed by atoms with Crippen molar-refractivity contribution in [1.29, 1.82) is 0 Å². The first-order valence-electron chi connectivity index (χ1n) is 3.85. The van der Waals surface area contributed by atoms with Crippen molar-refractivity contribution < 1.29 is 0 Å². The van der Waals surface area contributed by atoms with Gasteiger partial charge in [0.05, 0.1) is 0 Å². The summed E-state index contributed by atoms with van der Waals surface area (Å²) in [6.45, 7) is 1.24. The maximum Gasteiger partial charge on any atom is 0.0252 e. The first-order valence-corrected chi connectivity index (χ1v) is 3.85. The Balaban J connectivity index is 2.09. The lowest BCUT2D eigenvalue weighted by molar-refractivity contribution is 0.321. The van der Waals surface area contributed by atoms with Gasteiger partial charge in [0.1, 0.15) is 0 Å². The Hall–Kier alpha value is -0.300. The summed E-state index contributed by atoms with van der Waals surface area (Å²) in [5.74, 6) is 1.00. The highest BCUT2D eigenvalue weighted by atomic mass is 14.9. The van der Waals surface area contributed by atoms with Crippen LogP contribution in [0.25, 0.3) is 0 Å². The normalized spacial score (nSPS) is 40.9. The molecule has 0 saturated carbocycles. The van der Waals surface area contributed by atoms with Crippen LogP contribution < -0.4 is 5.32 Å². The molecule has 0 radical (unpaired) electrons. The van der Waals surface area contributed by atoms with Crippen LogP contribution in [-0.4, -0.2) is 12.6 Å². The molecule has 2 bridgehead atoms. The standard InChI is InChI=1S/C8H13N/c1-2-7-4-5-9-8(3-1)6-7/h1,3,7-9H,2,4-6H2. The van der Waals surface area contributed by atoms with Crippen LogP contribution in [0, 0.1) is 5.92 Å². The lowest BCUT2D eigenvalue weighted by atomic mass is 9.85. The molecule has 1 aliphatic heterocycles. The van der Waals surface area contributed by atoms with E-state index in [0.29, 0.717) is 0 Å². The number of fused-ring (bicyclic) bond motifs is 2. The van der Waals surface area contributed by atoms with Crippen LogP contribution >= 0.6 is 0 Å². The molecular weight excluding hydrogens is 110 g/mol. The maximum absolute atomic E-state index is 3.46. The van der Waals surface area contributed by atoms with Crippen molar-refractivity contribution in [3.8, 4) is 0 Å². The molecule has 0 amide bonds. The summed E-state index contributed by atoms with van der Waals surface area (Å²) in [7, 11) is 0. The third kappa shape index (κ3) is 1.01. The van der Waals surface area contributed by atoms with Gasteiger partial charge in [-0.2, -0.15) is 0 Å². The van der Waals surface area contributed by atoms with E-state index in [1.807, 2.05) is 0 Å². The van der Waals surface area contributed by atoms with E-state index in [2.05, 4.69) is 17.5 Å². The van der Waals surface area contributed by atoms with Gasteiger partial charge in [-0.05, 0) is 31.7 Å². The highest BCUT2D eigenvalue weighted by molar-refractivity contribution is 5.02. The zero-order chi connectivity index (χ0) is 6.10. The summed E-state index contributed by atoms with van der Waals surface area (Å²) < 4.78 is 0. The molecule has 1 saturated heterocycles. The third-order valence-electron chi connectivity index (χ3n) is 2.38. The van der Waals surface area contributed by atoms with Gasteiger partial charge in [0.2, 0.25) is 0 Å². The Bertz CT molecular complexity index is 129. The minimum Gasteiger partial charge on any atom is -0.310 e. The summed E-state index contributed by atoms with van der Waals surface area (Å²) in [5.41, 5.74) is 0. The molecule has 1 nitrogen and oxygen atoms in total. The average Bonchev–Trinajstić information content (AvgIpc) is 1.88. The van der Waals surface area contributed by atoms with E-state index in [9.17, 15) is 0 Å². The molecule has 0 aromatic heterocycles. The molecule has 1 heteroatoms. The van der Waals surface area contributed by atoms with Gasteiger partial charge in [-0.25, -0.2) is 0 Å². The Labute approximate surface area is 56.1 Å². The molecule has 0 aromatic rings. The van der Waals surface area contributed by atoms with E-state index < -0.39 is 0 Å². The fraction of sp³-hybridized carbons (Fsp3) is 0.750. The Morgan fingerprint density at radius 3 is 3.22 bits per heavy atom. The lowest BCUT2D eigenvalue weighted by Crippen LogP contribution is -2.38. The van der Waals surface area contributed by atoms with Crippen LogP contribution in [0.4, 0.5) is 0 Å². The fourth-order valence-electron chi connectivity index (χ4n) is 1.83. The molecule has 1 aliphatic carbocycles. The second-order valence-corrected chi connectivity index (χ2v) is 3.11. The predicted molar refractivity (Wildman–Crippen MR) is 38.3 cm³/mol. The number of hydrogen-bond donors (Lipinski definition) is 1. The summed E-state index contributed by atoms with van der Waals surface area (Å²) >= 11 is 0. The largest absolute Gasteiger partial charge is 0.310 e. The smallest absolute Gasteiger partial charge is 0.0252 e. The summed E-state index contributed by atoms with van der Waals surface area (Å²) in [6.07, 6.45) is 8.75. The zero-order valence-corrected chi connectivity index (χ0v) is 5.64. The Morgan fingerprint density at radius 2 is 2.44 bits per heavy atom. The van der Waals surface area contributed by atoms with Gasteiger partial charge in [0.15, 0.2) is 0 Å². The molecular formula is C8H13N. The highest BCUT2D eigenvalue weighted by Gasteiger charge is 2.21. The molecule has 50 valence electrons. The fourth-order valence-corrected chi connectivity index (χ4v) is 1.83. The Morgan fingerprint density at radius 1 is 1.44 bits per heavy atom. The molecule has 1 fully saturated rings. The van der Waals surface area contributed by atoms with Crippen molar-refractivity contribution in [2.45, 2.75) is 25.3 Å². The lowest BCUT2D eigenvalue weighted by Gasteiger charge is -2.31. The maximum atomic E-state index is 3.46. The van der Waals surface area contributed by atoms with Gasteiger partial charge in [-0.15, -0.1) is 0 Å². The summed E-state index contributed by atoms with van der Waals surface area (Å²) in [6, 6.07) is 0.720. The molecule has 2 unspecified atom stereocenters. The average molecular weight is 123 g/mol. The SMILES string of the molecule is C1=CC2CC(C1)CCN2. The minimum atomic E-state index is 0.720. The van der Waals surface area contributed by atoms with Crippen molar-refractivity contribution >= 4 is 0 Å². The van der Waals surface area contributed by atoms with Gasteiger partial charge in [0.25, 0.3) is 0 Å². The Kier molecular flexibility index (Phi) is 1.31. The predicted octanol–water partition coefficient (Wildman–Crippen LogP) is 1.31. The second kappa shape index (κ2) is 2.14. The zero-order valence-electron chi connectivity index (χ0n) is 5.64. The van der Waals surface area contributed by atoms with Crippen molar-refractivity contribution in [2.24, 2.45) is 5.92 Å². The van der Waals surface area contributed by atoms with Crippen molar-refractivity contribution in [3.63, 3.8) is 0 Å². The molecule has 0 aromatic carbocycles. The summed E-state index contributed by atoms with van der Waals surface area (Å²) in [4.78, 5) is 0. The van der Waals surface area contributed by atoms with Crippen molar-refractivity contribution in [2.75, 3.05) is 6.54 Å². The number of nitrogens with one attached hydrogen (secondary N) is 1. The van der Waals surface area contributed by atoms with E-state index in [0.717, 1.165) is 12.0 Å². The number of piperidine rings is 1. The van der Waals surface area contributed by atoms with Crippen LogP contribution in [0.1, 0.15) is 19.3 Å². The van der Waals surface area contributed by atoms with Crippen molar-refractivity contribution in [3.05, 3.63) is 12.2 Å². The van der Waals surface area contributed by atoms with E-state index in [4.69, 9.17) is 0 Å². The van der Waals surface area contributed by atoms with Crippen LogP contribution in [0.5, 0.6) is 0 Å². The van der Waals surface area contributed by atoms with E-state index in [1.54, 1.807) is 0 Å². The van der Waals surface area contributed by atoms with Gasteiger partial charge in [-0.1, -0.05) is 12.2 Å². The second-order valence-electron chi connectivity index (χ2n) is 3.11. The molecule has 2 atom stereocenters. The van der Waals surface area contributed by atoms with Gasteiger partial charge >= 0.3 is 0 Å². The molecule has 1 heterocycles. The molecule has 2 aliphatic rings. The number of allylic oxidation sites excluding steroid dienone is 1. The summed E-state index contributed by atoms with van der Waals surface area (Å²) in [5, 5.41) is 3.46. The third-order valence-corrected chi connectivity index (χ3v) is 2.38. The van der Waals surface area contributed by atoms with Crippen LogP contribution in [-0.2, 0) is 0 Å². The molecule has 0 spiro atoms. The topological polar surface area (TPSA) is 12.0 Å². The monoisotopic (exact) mass is 123 g/mol. The van der Waals surface area contributed by atoms with Crippen LogP contribution in [0.15, 0.2) is 12.2 Å². The number of hydrogen-bond acceptors (Lipinski definition) is 1. The molecule has 9 heavy (non-hydrogen) atoms. The van der Waals surface area contributed by atoms with Gasteiger partial charge < -0.3 is 5.32 Å². The molecule has 1 N–H and O–H groups in total. The van der Waals surface area contributed by atoms with E-state index in [-0.39, 0.29) is 0 Å². The van der Waals surface area contributed by atoms with Crippen molar-refractivity contribution in [1.82, 2.24) is 5.32 Å². The van der Waals surface area contributed by atoms with E-state index >= 15 is 0 Å². The van der Waals surface area contributed by atoms with Crippen LogP contribution in [0.2, 0.25) is 0 Å². The minimum absolute atomic E-state index is 0.720. The molecule has 2 rings (SSSR count). The van der Waals surface area contributed by atoms with E-state index in [1.165, 1.54) is 25.8 Å². The van der Waals surface area contributed by atoms with Gasteiger partial charge in [0, 0.05) is 6.04 Å². The highest BCUT2D eigenvalue weighted by Crippen LogP contribution is 2.24. The van der Waals surface area contributed by atoms with Crippen LogP contribution in [0.3, 0.4) is 0 Å². The number of rotatable bonds is 0. The van der Waals surface area contributed by atoms with Gasteiger partial charge in [-0.3, -0.25) is 0 Å². The first-order chi connectivity index (χ1) is 4.45.